The molecular weight excluding hydrogens is 336 g/mol. The molecule has 0 heterocycles. The van der Waals surface area contributed by atoms with Gasteiger partial charge in [0.25, 0.3) is 0 Å². The summed E-state index contributed by atoms with van der Waals surface area (Å²) in [5.41, 5.74) is 0.353. The van der Waals surface area contributed by atoms with Crippen molar-refractivity contribution < 1.29 is 24.6 Å². The quantitative estimate of drug-likeness (QED) is 0.451. The Bertz CT molecular complexity index is 666. The summed E-state index contributed by atoms with van der Waals surface area (Å²) in [5, 5.41) is 20.5. The summed E-state index contributed by atoms with van der Waals surface area (Å²) in [6.07, 6.45) is 2.73. The number of aliphatic imine (C=N–C) groups is 1. The molecule has 1 fully saturated rings. The minimum Gasteiger partial charge on any atom is -0.479 e. The van der Waals surface area contributed by atoms with Gasteiger partial charge in [0.15, 0.2) is 12.4 Å². The summed E-state index contributed by atoms with van der Waals surface area (Å²) in [7, 11) is 0. The summed E-state index contributed by atoms with van der Waals surface area (Å²) in [6.45, 7) is -0.383. The predicted molar refractivity (Wildman–Crippen MR) is 96.1 cm³/mol. The van der Waals surface area contributed by atoms with Crippen molar-refractivity contribution in [3.8, 4) is 0 Å². The first-order chi connectivity index (χ1) is 12.5. The van der Waals surface area contributed by atoms with Crippen LogP contribution in [0.5, 0.6) is 0 Å². The number of carbonyl (C=O) groups is 3. The highest BCUT2D eigenvalue weighted by atomic mass is 16.4. The van der Waals surface area contributed by atoms with E-state index in [2.05, 4.69) is 10.3 Å². The van der Waals surface area contributed by atoms with E-state index >= 15 is 0 Å². The largest absolute Gasteiger partial charge is 0.479 e. The predicted octanol–water partition coefficient (Wildman–Crippen LogP) is 1.13. The molecule has 0 unspecified atom stereocenters. The van der Waals surface area contributed by atoms with Gasteiger partial charge in [-0.25, -0.2) is 4.79 Å². The van der Waals surface area contributed by atoms with Crippen LogP contribution in [-0.2, 0) is 20.8 Å². The number of aliphatic hydroxyl groups excluding tert-OH is 1. The number of benzene rings is 1. The van der Waals surface area contributed by atoms with Crippen LogP contribution in [0.2, 0.25) is 0 Å². The topological polar surface area (TPSA) is 116 Å². The van der Waals surface area contributed by atoms with Crippen LogP contribution < -0.4 is 5.32 Å². The maximum absolute atomic E-state index is 12.6. The molecule has 0 radical (unpaired) electrons. The van der Waals surface area contributed by atoms with Gasteiger partial charge in [-0.2, -0.15) is 0 Å². The van der Waals surface area contributed by atoms with Crippen LogP contribution in [0, 0.1) is 0 Å². The van der Waals surface area contributed by atoms with E-state index in [0.717, 1.165) is 18.4 Å². The first-order valence-corrected chi connectivity index (χ1v) is 8.74. The molecule has 0 aliphatic heterocycles. The van der Waals surface area contributed by atoms with Crippen LogP contribution in [0.1, 0.15) is 37.7 Å². The maximum atomic E-state index is 12.6. The van der Waals surface area contributed by atoms with Crippen molar-refractivity contribution in [2.24, 2.45) is 4.99 Å². The van der Waals surface area contributed by atoms with Crippen LogP contribution in [0.25, 0.3) is 0 Å². The minimum absolute atomic E-state index is 0.324. The van der Waals surface area contributed by atoms with Crippen molar-refractivity contribution in [1.29, 1.82) is 0 Å². The van der Waals surface area contributed by atoms with Gasteiger partial charge in [-0.05, 0) is 31.2 Å². The number of hydrogen-bond acceptors (Lipinski definition) is 5. The zero-order valence-electron chi connectivity index (χ0n) is 14.6. The summed E-state index contributed by atoms with van der Waals surface area (Å²) in [4.78, 5) is 39.2. The van der Waals surface area contributed by atoms with Crippen molar-refractivity contribution in [2.75, 3.05) is 6.54 Å². The zero-order chi connectivity index (χ0) is 19.0. The molecule has 0 aromatic heterocycles. The molecule has 0 bridgehead atoms. The number of aliphatic hydroxyl groups is 1. The highest BCUT2D eigenvalue weighted by Gasteiger charge is 2.41. The summed E-state index contributed by atoms with van der Waals surface area (Å²) in [6, 6.07) is 9.70. The standard InChI is InChI=1S/C19H24N2O5/c22-13-15(9-8-14-6-2-1-3-7-14)21-19(10-4-5-11-19)18(26)20-12-16(23)17(24)25/h1-3,6-7,13,16,23H,4-5,8-12H2,(H,20,26)(H,24,25)/t16-/m0/s1. The van der Waals surface area contributed by atoms with Crippen molar-refractivity contribution in [1.82, 2.24) is 5.32 Å². The van der Waals surface area contributed by atoms with Gasteiger partial charge in [-0.15, -0.1) is 0 Å². The zero-order valence-corrected chi connectivity index (χ0v) is 14.6. The first kappa shape index (κ1) is 19.8. The van der Waals surface area contributed by atoms with Crippen molar-refractivity contribution in [3.63, 3.8) is 0 Å². The highest BCUT2D eigenvalue weighted by Crippen LogP contribution is 2.34. The number of rotatable bonds is 9. The Hall–Kier alpha value is -2.54. The van der Waals surface area contributed by atoms with E-state index in [-0.39, 0.29) is 6.54 Å². The van der Waals surface area contributed by atoms with Crippen molar-refractivity contribution >= 4 is 23.9 Å². The fourth-order valence-corrected chi connectivity index (χ4v) is 3.12. The number of aldehydes is 1. The molecule has 0 spiro atoms. The van der Waals surface area contributed by atoms with Gasteiger partial charge in [0, 0.05) is 0 Å². The van der Waals surface area contributed by atoms with E-state index in [1.165, 1.54) is 0 Å². The number of amides is 1. The fourth-order valence-electron chi connectivity index (χ4n) is 3.12. The Balaban J connectivity index is 2.07. The van der Waals surface area contributed by atoms with E-state index < -0.39 is 23.5 Å². The Kier molecular flexibility index (Phi) is 7.03. The lowest BCUT2D eigenvalue weighted by molar-refractivity contribution is -0.146. The van der Waals surface area contributed by atoms with E-state index in [1.807, 2.05) is 30.3 Å². The number of nitrogens with one attached hydrogen (secondary N) is 1. The van der Waals surface area contributed by atoms with Crippen molar-refractivity contribution in [2.45, 2.75) is 50.2 Å². The summed E-state index contributed by atoms with van der Waals surface area (Å²) in [5.74, 6) is -1.83. The van der Waals surface area contributed by atoms with E-state index in [4.69, 9.17) is 5.11 Å². The smallest absolute Gasteiger partial charge is 0.334 e. The van der Waals surface area contributed by atoms with Crippen molar-refractivity contribution in [3.05, 3.63) is 35.9 Å². The van der Waals surface area contributed by atoms with Gasteiger partial charge in [0.1, 0.15) is 5.54 Å². The van der Waals surface area contributed by atoms with E-state index in [1.54, 1.807) is 0 Å². The number of carboxylic acid groups (broad SMARTS) is 1. The average molecular weight is 360 g/mol. The number of hydrogen-bond donors (Lipinski definition) is 3. The number of aryl methyl sites for hydroxylation is 1. The van der Waals surface area contributed by atoms with E-state index in [0.29, 0.717) is 37.7 Å². The molecule has 2 rings (SSSR count). The maximum Gasteiger partial charge on any atom is 0.334 e. The van der Waals surface area contributed by atoms with Crippen LogP contribution in [0.3, 0.4) is 0 Å². The molecule has 3 N–H and O–H groups in total. The first-order valence-electron chi connectivity index (χ1n) is 8.74. The molecule has 1 amide bonds. The summed E-state index contributed by atoms with van der Waals surface area (Å²) >= 11 is 0. The Morgan fingerprint density at radius 3 is 2.46 bits per heavy atom. The van der Waals surface area contributed by atoms with Gasteiger partial charge < -0.3 is 15.5 Å². The molecule has 1 atom stereocenters. The Labute approximate surface area is 152 Å². The Morgan fingerprint density at radius 1 is 1.23 bits per heavy atom. The number of carboxylic acids is 1. The minimum atomic E-state index is -1.66. The number of aliphatic carboxylic acids is 1. The summed E-state index contributed by atoms with van der Waals surface area (Å²) < 4.78 is 0. The van der Waals surface area contributed by atoms with Crippen LogP contribution in [0.4, 0.5) is 0 Å². The van der Waals surface area contributed by atoms with Crippen LogP contribution >= 0.6 is 0 Å². The molecule has 1 aromatic carbocycles. The third kappa shape index (κ3) is 5.23. The lowest BCUT2D eigenvalue weighted by atomic mass is 9.96. The molecule has 1 aliphatic rings. The van der Waals surface area contributed by atoms with Gasteiger partial charge in [0.2, 0.25) is 5.91 Å². The molecule has 7 nitrogen and oxygen atoms in total. The fraction of sp³-hybridized carbons (Fsp3) is 0.474. The third-order valence-electron chi connectivity index (χ3n) is 4.60. The molecule has 0 saturated heterocycles. The second kappa shape index (κ2) is 9.24. The van der Waals surface area contributed by atoms with Crippen LogP contribution in [0.15, 0.2) is 35.3 Å². The van der Waals surface area contributed by atoms with Gasteiger partial charge in [-0.3, -0.25) is 14.6 Å². The molecule has 140 valence electrons. The van der Waals surface area contributed by atoms with E-state index in [9.17, 15) is 19.5 Å². The Morgan fingerprint density at radius 2 is 1.88 bits per heavy atom. The van der Waals surface area contributed by atoms with Gasteiger partial charge in [-0.1, -0.05) is 43.2 Å². The molecule has 1 saturated carbocycles. The normalized spacial score (nSPS) is 17.5. The van der Waals surface area contributed by atoms with Gasteiger partial charge in [0.05, 0.1) is 12.3 Å². The average Bonchev–Trinajstić information content (AvgIpc) is 3.13. The molecular formula is C19H24N2O5. The molecule has 1 aromatic rings. The second-order valence-corrected chi connectivity index (χ2v) is 6.51. The van der Waals surface area contributed by atoms with Crippen LogP contribution in [-0.4, -0.2) is 52.3 Å². The second-order valence-electron chi connectivity index (χ2n) is 6.51. The SMILES string of the molecule is O=CC(CCc1ccccc1)=NC1(C(=O)NC[C@H](O)C(=O)O)CCCC1. The monoisotopic (exact) mass is 360 g/mol. The lowest BCUT2D eigenvalue weighted by Crippen LogP contribution is -2.47. The third-order valence-corrected chi connectivity index (χ3v) is 4.60. The molecule has 7 heteroatoms. The highest BCUT2D eigenvalue weighted by molar-refractivity contribution is 6.28. The molecule has 1 aliphatic carbocycles. The molecule has 26 heavy (non-hydrogen) atoms. The van der Waals surface area contributed by atoms with Gasteiger partial charge >= 0.3 is 5.97 Å². The lowest BCUT2D eigenvalue weighted by Gasteiger charge is -2.24. The number of nitrogens with zero attached hydrogens (tertiary/aromatic N) is 1. The number of carbonyl (C=O) groups excluding carboxylic acids is 2.